The van der Waals surface area contributed by atoms with E-state index in [-0.39, 0.29) is 19.8 Å². The molecule has 1 saturated heterocycles. The highest BCUT2D eigenvalue weighted by Gasteiger charge is 2.64. The Morgan fingerprint density at radius 1 is 0.778 bits per heavy atom. The molecular formula is C29H31NO6. The molecule has 1 heterocycles. The second-order valence-corrected chi connectivity index (χ2v) is 8.61. The fraction of sp³-hybridized carbons (Fsp3) is 0.345. The lowest BCUT2D eigenvalue weighted by Gasteiger charge is -2.44. The van der Waals surface area contributed by atoms with Crippen LogP contribution in [0.25, 0.3) is 4.85 Å². The molecule has 1 aliphatic rings. The second-order valence-electron chi connectivity index (χ2n) is 8.61. The predicted molar refractivity (Wildman–Crippen MR) is 133 cm³/mol. The van der Waals surface area contributed by atoms with Gasteiger partial charge in [0, 0.05) is 7.11 Å². The van der Waals surface area contributed by atoms with Crippen molar-refractivity contribution in [1.82, 2.24) is 0 Å². The fourth-order valence-corrected chi connectivity index (χ4v) is 4.20. The SMILES string of the molecule is [C-]#[N+][C@]1(O)C(OCc2ccccc2)[C@@H](OC)OC(COCc2ccccc2)[C@@H]1OCc1ccccc1. The van der Waals surface area contributed by atoms with Gasteiger partial charge in [-0.2, -0.15) is 0 Å². The van der Waals surface area contributed by atoms with Gasteiger partial charge < -0.3 is 28.8 Å². The van der Waals surface area contributed by atoms with Gasteiger partial charge in [0.25, 0.3) is 0 Å². The first kappa shape index (κ1) is 26.0. The van der Waals surface area contributed by atoms with Crippen LogP contribution in [-0.4, -0.2) is 49.2 Å². The Morgan fingerprint density at radius 2 is 1.25 bits per heavy atom. The molecule has 0 aromatic heterocycles. The largest absolute Gasteiger partial charge is 0.394 e. The minimum atomic E-state index is -2.07. The van der Waals surface area contributed by atoms with Gasteiger partial charge in [0.1, 0.15) is 6.10 Å². The van der Waals surface area contributed by atoms with Crippen molar-refractivity contribution in [2.24, 2.45) is 0 Å². The average Bonchev–Trinajstić information content (AvgIpc) is 2.93. The van der Waals surface area contributed by atoms with Crippen molar-refractivity contribution in [2.45, 2.75) is 50.1 Å². The van der Waals surface area contributed by atoms with Crippen molar-refractivity contribution < 1.29 is 28.8 Å². The minimum Gasteiger partial charge on any atom is -0.374 e. The highest BCUT2D eigenvalue weighted by molar-refractivity contribution is 5.17. The van der Waals surface area contributed by atoms with E-state index < -0.39 is 30.3 Å². The molecule has 1 fully saturated rings. The number of rotatable bonds is 11. The third-order valence-electron chi connectivity index (χ3n) is 6.08. The number of methoxy groups -OCH3 is 1. The smallest absolute Gasteiger partial charge is 0.374 e. The van der Waals surface area contributed by atoms with Crippen molar-refractivity contribution in [3.63, 3.8) is 0 Å². The van der Waals surface area contributed by atoms with E-state index in [4.69, 9.17) is 30.3 Å². The summed E-state index contributed by atoms with van der Waals surface area (Å²) >= 11 is 0. The Morgan fingerprint density at radius 3 is 1.72 bits per heavy atom. The molecular weight excluding hydrogens is 458 g/mol. The number of hydrogen-bond acceptors (Lipinski definition) is 6. The predicted octanol–water partition coefficient (Wildman–Crippen LogP) is 4.35. The van der Waals surface area contributed by atoms with Gasteiger partial charge >= 0.3 is 5.72 Å². The zero-order valence-corrected chi connectivity index (χ0v) is 20.2. The van der Waals surface area contributed by atoms with E-state index >= 15 is 0 Å². The Bertz CT molecular complexity index is 1090. The summed E-state index contributed by atoms with van der Waals surface area (Å²) < 4.78 is 29.8. The number of hydrogen-bond donors (Lipinski definition) is 1. The van der Waals surface area contributed by atoms with Crippen molar-refractivity contribution in [3.8, 4) is 0 Å². The van der Waals surface area contributed by atoms with Gasteiger partial charge in [0.15, 0.2) is 12.4 Å². The first-order chi connectivity index (χ1) is 17.6. The standard InChI is InChI=1S/C29H31NO6/c1-30-29(31)26(34-19-23-14-8-4-9-15-23)25(21-33-18-22-12-6-3-7-13-22)36-28(32-2)27(29)35-20-24-16-10-5-11-17-24/h3-17,25-28,31H,18-21H2,2H3/t25?,26-,27?,28-,29+/m0/s1. The van der Waals surface area contributed by atoms with Gasteiger partial charge in [-0.05, 0) is 16.7 Å². The maximum atomic E-state index is 11.7. The van der Waals surface area contributed by atoms with Gasteiger partial charge in [0.2, 0.25) is 6.10 Å². The van der Waals surface area contributed by atoms with E-state index in [0.29, 0.717) is 6.61 Å². The summed E-state index contributed by atoms with van der Waals surface area (Å²) in [5.41, 5.74) is 0.741. The van der Waals surface area contributed by atoms with Crippen LogP contribution in [0.5, 0.6) is 0 Å². The molecule has 3 aromatic carbocycles. The normalized spacial score (nSPS) is 25.8. The van der Waals surface area contributed by atoms with Crippen molar-refractivity contribution >= 4 is 0 Å². The average molecular weight is 490 g/mol. The number of benzene rings is 3. The van der Waals surface area contributed by atoms with Crippen LogP contribution in [-0.2, 0) is 43.5 Å². The molecule has 4 rings (SSSR count). The molecule has 188 valence electrons. The molecule has 0 spiro atoms. The molecule has 0 bridgehead atoms. The van der Waals surface area contributed by atoms with Gasteiger partial charge in [-0.15, -0.1) is 0 Å². The molecule has 5 atom stereocenters. The summed E-state index contributed by atoms with van der Waals surface area (Å²) in [6, 6.07) is 28.8. The van der Waals surface area contributed by atoms with E-state index in [9.17, 15) is 5.11 Å². The van der Waals surface area contributed by atoms with Crippen LogP contribution in [0, 0.1) is 6.57 Å². The quantitative estimate of drug-likeness (QED) is 0.404. The van der Waals surface area contributed by atoms with Crippen molar-refractivity contribution in [2.75, 3.05) is 13.7 Å². The van der Waals surface area contributed by atoms with Crippen LogP contribution in [0.3, 0.4) is 0 Å². The maximum absolute atomic E-state index is 11.7. The lowest BCUT2D eigenvalue weighted by molar-refractivity contribution is -0.336. The van der Waals surface area contributed by atoms with Crippen molar-refractivity contribution in [1.29, 1.82) is 0 Å². The summed E-state index contributed by atoms with van der Waals surface area (Å²) in [4.78, 5) is 3.62. The monoisotopic (exact) mass is 489 g/mol. The van der Waals surface area contributed by atoms with Crippen LogP contribution < -0.4 is 0 Å². The van der Waals surface area contributed by atoms with Crippen LogP contribution >= 0.6 is 0 Å². The molecule has 7 nitrogen and oxygen atoms in total. The van der Waals surface area contributed by atoms with E-state index in [1.165, 1.54) is 7.11 Å². The third kappa shape index (κ3) is 6.37. The lowest BCUT2D eigenvalue weighted by Crippen LogP contribution is -2.67. The molecule has 0 radical (unpaired) electrons. The minimum absolute atomic E-state index is 0.0947. The Hall–Kier alpha value is -3.09. The molecule has 3 aromatic rings. The second kappa shape index (κ2) is 12.7. The van der Waals surface area contributed by atoms with E-state index in [0.717, 1.165) is 16.7 Å². The molecule has 1 aliphatic heterocycles. The van der Waals surface area contributed by atoms with E-state index in [1.807, 2.05) is 91.0 Å². The molecule has 36 heavy (non-hydrogen) atoms. The zero-order chi connectivity index (χ0) is 25.2. The maximum Gasteiger partial charge on any atom is 0.394 e. The summed E-state index contributed by atoms with van der Waals surface area (Å²) in [7, 11) is 1.46. The van der Waals surface area contributed by atoms with Crippen LogP contribution in [0.2, 0.25) is 0 Å². The lowest BCUT2D eigenvalue weighted by atomic mass is 9.92. The third-order valence-corrected chi connectivity index (χ3v) is 6.08. The number of ether oxygens (including phenoxy) is 5. The van der Waals surface area contributed by atoms with Crippen LogP contribution in [0.4, 0.5) is 0 Å². The topological polar surface area (TPSA) is 70.7 Å². The highest BCUT2D eigenvalue weighted by atomic mass is 16.7. The van der Waals surface area contributed by atoms with Crippen LogP contribution in [0.1, 0.15) is 16.7 Å². The van der Waals surface area contributed by atoms with Gasteiger partial charge in [-0.3, -0.25) is 4.85 Å². The van der Waals surface area contributed by atoms with E-state index in [2.05, 4.69) is 4.85 Å². The molecule has 0 saturated carbocycles. The Kier molecular flexibility index (Phi) is 9.20. The van der Waals surface area contributed by atoms with Gasteiger partial charge in [0.05, 0.1) is 26.4 Å². The molecule has 2 unspecified atom stereocenters. The number of aliphatic hydroxyl groups is 1. The highest BCUT2D eigenvalue weighted by Crippen LogP contribution is 2.37. The first-order valence-electron chi connectivity index (χ1n) is 11.9. The van der Waals surface area contributed by atoms with Gasteiger partial charge in [-0.1, -0.05) is 91.0 Å². The Labute approximate surface area is 212 Å². The summed E-state index contributed by atoms with van der Waals surface area (Å²) in [6.07, 6.45) is -3.91. The molecule has 0 amide bonds. The molecule has 7 heteroatoms. The fourth-order valence-electron chi connectivity index (χ4n) is 4.20. The number of nitrogens with zero attached hydrogens (tertiary/aromatic N) is 1. The van der Waals surface area contributed by atoms with E-state index in [1.54, 1.807) is 0 Å². The summed E-state index contributed by atoms with van der Waals surface area (Å²) in [6.45, 7) is 8.76. The van der Waals surface area contributed by atoms with Crippen LogP contribution in [0.15, 0.2) is 91.0 Å². The zero-order valence-electron chi connectivity index (χ0n) is 20.2. The summed E-state index contributed by atoms with van der Waals surface area (Å²) in [5.74, 6) is 0. The first-order valence-corrected chi connectivity index (χ1v) is 11.9. The summed E-state index contributed by atoms with van der Waals surface area (Å²) in [5, 5.41) is 11.7. The molecule has 1 N–H and O–H groups in total. The molecule has 0 aliphatic carbocycles. The van der Waals surface area contributed by atoms with Gasteiger partial charge in [-0.25, -0.2) is 6.57 Å². The van der Waals surface area contributed by atoms with Crippen molar-refractivity contribution in [3.05, 3.63) is 119 Å². The Balaban J connectivity index is 1.54.